The van der Waals surface area contributed by atoms with Gasteiger partial charge in [-0.25, -0.2) is 0 Å². The van der Waals surface area contributed by atoms with E-state index in [4.69, 9.17) is 5.11 Å². The number of carbonyl (C=O) groups excluding carboxylic acids is 1. The second-order valence-corrected chi connectivity index (χ2v) is 6.53. The number of hydrogen-bond acceptors (Lipinski definition) is 3. The van der Waals surface area contributed by atoms with E-state index in [2.05, 4.69) is 18.8 Å². The van der Waals surface area contributed by atoms with Crippen molar-refractivity contribution in [2.75, 3.05) is 0 Å². The number of aliphatic hydroxyl groups excluding tert-OH is 1. The van der Waals surface area contributed by atoms with Crippen molar-refractivity contribution in [3.63, 3.8) is 0 Å². The SMILES string of the molecule is CCCCCC(O)/C=C/C1CCC(=O)C1CC#CCCCC(=O)O. The van der Waals surface area contributed by atoms with Crippen molar-refractivity contribution in [3.8, 4) is 11.8 Å². The number of carboxylic acids is 1. The average molecular weight is 334 g/mol. The normalized spacial score (nSPS) is 21.7. The number of carbonyl (C=O) groups is 2. The van der Waals surface area contributed by atoms with Gasteiger partial charge in [0.1, 0.15) is 5.78 Å². The Bertz CT molecular complexity index is 484. The Kier molecular flexibility index (Phi) is 10.1. The van der Waals surface area contributed by atoms with Crippen LogP contribution in [0.25, 0.3) is 0 Å². The van der Waals surface area contributed by atoms with Gasteiger partial charge in [-0.2, -0.15) is 0 Å². The maximum atomic E-state index is 12.0. The topological polar surface area (TPSA) is 74.6 Å². The molecule has 0 aliphatic heterocycles. The lowest BCUT2D eigenvalue weighted by atomic mass is 9.91. The Morgan fingerprint density at radius 1 is 1.33 bits per heavy atom. The van der Waals surface area contributed by atoms with Crippen molar-refractivity contribution < 1.29 is 19.8 Å². The fourth-order valence-corrected chi connectivity index (χ4v) is 3.00. The number of aliphatic carboxylic acids is 1. The number of unbranched alkanes of at least 4 members (excludes halogenated alkanes) is 3. The third-order valence-electron chi connectivity index (χ3n) is 4.48. The first kappa shape index (κ1) is 20.4. The number of rotatable bonds is 10. The molecular weight excluding hydrogens is 304 g/mol. The Labute approximate surface area is 145 Å². The van der Waals surface area contributed by atoms with Gasteiger partial charge in [-0.3, -0.25) is 9.59 Å². The largest absolute Gasteiger partial charge is 0.481 e. The molecule has 0 aromatic rings. The highest BCUT2D eigenvalue weighted by Gasteiger charge is 2.32. The third-order valence-corrected chi connectivity index (χ3v) is 4.48. The van der Waals surface area contributed by atoms with Crippen molar-refractivity contribution in [1.82, 2.24) is 0 Å². The van der Waals surface area contributed by atoms with Gasteiger partial charge in [0.25, 0.3) is 0 Å². The standard InChI is InChI=1S/C20H30O4/c1-2-3-6-9-17(21)14-12-16-13-15-19(22)18(16)10-7-4-5-8-11-20(23)24/h12,14,16-18,21H,2-3,5-6,8-11,13,15H2,1H3,(H,23,24)/b14-12+. The minimum Gasteiger partial charge on any atom is -0.481 e. The molecule has 4 heteroatoms. The van der Waals surface area contributed by atoms with E-state index in [-0.39, 0.29) is 24.0 Å². The number of aliphatic hydroxyl groups is 1. The van der Waals surface area contributed by atoms with Crippen LogP contribution in [-0.4, -0.2) is 28.1 Å². The van der Waals surface area contributed by atoms with Crippen molar-refractivity contribution in [3.05, 3.63) is 12.2 Å². The molecule has 0 radical (unpaired) electrons. The van der Waals surface area contributed by atoms with Crippen LogP contribution in [0.2, 0.25) is 0 Å². The summed E-state index contributed by atoms with van der Waals surface area (Å²) in [7, 11) is 0. The minimum atomic E-state index is -0.800. The molecule has 0 amide bonds. The monoisotopic (exact) mass is 334 g/mol. The van der Waals surface area contributed by atoms with Gasteiger partial charge in [0.15, 0.2) is 0 Å². The molecule has 3 atom stereocenters. The zero-order chi connectivity index (χ0) is 17.8. The van der Waals surface area contributed by atoms with E-state index < -0.39 is 12.1 Å². The van der Waals surface area contributed by atoms with Crippen molar-refractivity contribution in [2.24, 2.45) is 11.8 Å². The lowest BCUT2D eigenvalue weighted by Crippen LogP contribution is -2.13. The molecule has 0 saturated heterocycles. The summed E-state index contributed by atoms with van der Waals surface area (Å²) in [6, 6.07) is 0. The first-order valence-electron chi connectivity index (χ1n) is 9.11. The molecular formula is C20H30O4. The summed E-state index contributed by atoms with van der Waals surface area (Å²) in [6.45, 7) is 2.14. The van der Waals surface area contributed by atoms with Gasteiger partial charge in [0.2, 0.25) is 0 Å². The highest BCUT2D eigenvalue weighted by molar-refractivity contribution is 5.84. The predicted molar refractivity (Wildman–Crippen MR) is 94.4 cm³/mol. The summed E-state index contributed by atoms with van der Waals surface area (Å²) >= 11 is 0. The fourth-order valence-electron chi connectivity index (χ4n) is 3.00. The van der Waals surface area contributed by atoms with Gasteiger partial charge < -0.3 is 10.2 Å². The van der Waals surface area contributed by atoms with Crippen molar-refractivity contribution in [1.29, 1.82) is 0 Å². The van der Waals surface area contributed by atoms with E-state index in [1.807, 2.05) is 12.2 Å². The Morgan fingerprint density at radius 3 is 2.83 bits per heavy atom. The molecule has 134 valence electrons. The maximum Gasteiger partial charge on any atom is 0.303 e. The molecule has 1 rings (SSSR count). The second kappa shape index (κ2) is 11.9. The van der Waals surface area contributed by atoms with Crippen LogP contribution in [0.3, 0.4) is 0 Å². The van der Waals surface area contributed by atoms with E-state index >= 15 is 0 Å². The smallest absolute Gasteiger partial charge is 0.303 e. The molecule has 1 saturated carbocycles. The molecule has 3 unspecified atom stereocenters. The van der Waals surface area contributed by atoms with E-state index in [0.717, 1.165) is 32.1 Å². The molecule has 0 heterocycles. The molecule has 0 aromatic heterocycles. The first-order chi connectivity index (χ1) is 11.5. The molecule has 0 spiro atoms. The number of allylic oxidation sites excluding steroid dienone is 1. The quantitative estimate of drug-likeness (QED) is 0.363. The lowest BCUT2D eigenvalue weighted by Gasteiger charge is -2.12. The van der Waals surface area contributed by atoms with Crippen LogP contribution in [0.1, 0.15) is 71.1 Å². The number of carboxylic acid groups (broad SMARTS) is 1. The summed E-state index contributed by atoms with van der Waals surface area (Å²) in [5, 5.41) is 18.5. The van der Waals surface area contributed by atoms with E-state index in [9.17, 15) is 14.7 Å². The van der Waals surface area contributed by atoms with Gasteiger partial charge in [-0.15, -0.1) is 11.8 Å². The first-order valence-corrected chi connectivity index (χ1v) is 9.11. The molecule has 0 aromatic carbocycles. The molecule has 0 bridgehead atoms. The maximum absolute atomic E-state index is 12.0. The molecule has 1 aliphatic carbocycles. The molecule has 24 heavy (non-hydrogen) atoms. The fraction of sp³-hybridized carbons (Fsp3) is 0.700. The number of Topliss-reactive ketones (excluding diaryl/α,β-unsaturated/α-hetero) is 1. The van der Waals surface area contributed by atoms with Gasteiger partial charge in [-0.1, -0.05) is 38.3 Å². The van der Waals surface area contributed by atoms with Gasteiger partial charge in [-0.05, 0) is 25.2 Å². The third kappa shape index (κ3) is 8.31. The second-order valence-electron chi connectivity index (χ2n) is 6.53. The van der Waals surface area contributed by atoms with Crippen molar-refractivity contribution >= 4 is 11.8 Å². The minimum absolute atomic E-state index is 0.0731. The average Bonchev–Trinajstić information content (AvgIpc) is 2.89. The van der Waals surface area contributed by atoms with Crippen LogP contribution in [0.4, 0.5) is 0 Å². The van der Waals surface area contributed by atoms with Crippen LogP contribution in [0, 0.1) is 23.7 Å². The Hall–Kier alpha value is -1.60. The van der Waals surface area contributed by atoms with Crippen LogP contribution in [0.5, 0.6) is 0 Å². The summed E-state index contributed by atoms with van der Waals surface area (Å²) in [6.07, 6.45) is 10.7. The van der Waals surface area contributed by atoms with E-state index in [1.165, 1.54) is 0 Å². The molecule has 4 nitrogen and oxygen atoms in total. The molecule has 2 N–H and O–H groups in total. The van der Waals surface area contributed by atoms with Crippen LogP contribution in [-0.2, 0) is 9.59 Å². The van der Waals surface area contributed by atoms with Crippen LogP contribution in [0.15, 0.2) is 12.2 Å². The summed E-state index contributed by atoms with van der Waals surface area (Å²) < 4.78 is 0. The predicted octanol–water partition coefficient (Wildman–Crippen LogP) is 3.73. The summed E-state index contributed by atoms with van der Waals surface area (Å²) in [5.41, 5.74) is 0. The number of ketones is 1. The highest BCUT2D eigenvalue weighted by atomic mass is 16.4. The Balaban J connectivity index is 2.40. The highest BCUT2D eigenvalue weighted by Crippen LogP contribution is 2.32. The number of hydrogen-bond donors (Lipinski definition) is 2. The molecule has 1 aliphatic rings. The zero-order valence-electron chi connectivity index (χ0n) is 14.7. The van der Waals surface area contributed by atoms with Gasteiger partial charge in [0.05, 0.1) is 6.10 Å². The summed E-state index contributed by atoms with van der Waals surface area (Å²) in [4.78, 5) is 22.4. The van der Waals surface area contributed by atoms with Crippen LogP contribution < -0.4 is 0 Å². The zero-order valence-corrected chi connectivity index (χ0v) is 14.7. The van der Waals surface area contributed by atoms with Crippen molar-refractivity contribution in [2.45, 2.75) is 77.2 Å². The summed E-state index contributed by atoms with van der Waals surface area (Å²) in [5.74, 6) is 5.55. The van der Waals surface area contributed by atoms with E-state index in [0.29, 0.717) is 25.7 Å². The Morgan fingerprint density at radius 2 is 2.12 bits per heavy atom. The van der Waals surface area contributed by atoms with Gasteiger partial charge >= 0.3 is 5.97 Å². The lowest BCUT2D eigenvalue weighted by molar-refractivity contribution is -0.137. The molecule has 1 fully saturated rings. The van der Waals surface area contributed by atoms with Gasteiger partial charge in [0, 0.05) is 31.6 Å². The van der Waals surface area contributed by atoms with Crippen LogP contribution >= 0.6 is 0 Å². The van der Waals surface area contributed by atoms with E-state index in [1.54, 1.807) is 0 Å².